The highest BCUT2D eigenvalue weighted by Crippen LogP contribution is 2.26. The second-order valence-electron chi connectivity index (χ2n) is 4.48. The summed E-state index contributed by atoms with van der Waals surface area (Å²) < 4.78 is 17.1. The molecule has 0 amide bonds. The molecule has 0 bridgehead atoms. The van der Waals surface area contributed by atoms with Crippen LogP contribution in [-0.2, 0) is 9.47 Å². The standard InChI is InChI=1S/C13H17BrO6/c1-18-12-11(17)10(16)9(6-15)20-13(12)19-8-4-2-7(14)3-5-8/h2-5,9-13,15-17H,6H2,1H3/t9-,10-,11+,12-,13-/m1/s1. The second-order valence-corrected chi connectivity index (χ2v) is 5.39. The van der Waals surface area contributed by atoms with Crippen molar-refractivity contribution in [2.24, 2.45) is 0 Å². The van der Waals surface area contributed by atoms with Crippen LogP contribution in [0.15, 0.2) is 28.7 Å². The van der Waals surface area contributed by atoms with E-state index in [0.29, 0.717) is 5.75 Å². The Bertz CT molecular complexity index is 425. The molecular weight excluding hydrogens is 332 g/mol. The van der Waals surface area contributed by atoms with Crippen LogP contribution in [0.5, 0.6) is 5.75 Å². The number of methoxy groups -OCH3 is 1. The number of hydrogen-bond acceptors (Lipinski definition) is 6. The minimum Gasteiger partial charge on any atom is -0.462 e. The first-order chi connectivity index (χ1) is 9.56. The normalized spacial score (nSPS) is 34.0. The lowest BCUT2D eigenvalue weighted by Crippen LogP contribution is -2.60. The van der Waals surface area contributed by atoms with Gasteiger partial charge < -0.3 is 29.5 Å². The molecule has 1 heterocycles. The van der Waals surface area contributed by atoms with Gasteiger partial charge in [0.25, 0.3) is 0 Å². The summed E-state index contributed by atoms with van der Waals surface area (Å²) in [6.45, 7) is -0.422. The van der Waals surface area contributed by atoms with Gasteiger partial charge in [-0.1, -0.05) is 15.9 Å². The summed E-state index contributed by atoms with van der Waals surface area (Å²) in [6, 6.07) is 7.06. The fourth-order valence-electron chi connectivity index (χ4n) is 2.05. The number of rotatable bonds is 4. The zero-order chi connectivity index (χ0) is 14.7. The molecule has 5 atom stereocenters. The molecule has 1 aliphatic rings. The van der Waals surface area contributed by atoms with Crippen molar-refractivity contribution in [2.75, 3.05) is 13.7 Å². The summed E-state index contributed by atoms with van der Waals surface area (Å²) in [5.41, 5.74) is 0. The third-order valence-electron chi connectivity index (χ3n) is 3.16. The Kier molecular flexibility index (Phi) is 5.36. The summed E-state index contributed by atoms with van der Waals surface area (Å²) in [6.07, 6.45) is -5.12. The first-order valence-electron chi connectivity index (χ1n) is 6.14. The van der Waals surface area contributed by atoms with Gasteiger partial charge in [0, 0.05) is 11.6 Å². The van der Waals surface area contributed by atoms with E-state index >= 15 is 0 Å². The lowest BCUT2D eigenvalue weighted by Gasteiger charge is -2.41. The average molecular weight is 349 g/mol. The molecule has 0 aromatic heterocycles. The van der Waals surface area contributed by atoms with Crippen molar-refractivity contribution in [3.05, 3.63) is 28.7 Å². The fraction of sp³-hybridized carbons (Fsp3) is 0.538. The molecule has 0 aliphatic carbocycles. The highest BCUT2D eigenvalue weighted by atomic mass is 79.9. The molecule has 1 aliphatic heterocycles. The molecule has 1 aromatic carbocycles. The number of aliphatic hydroxyl groups excluding tert-OH is 3. The van der Waals surface area contributed by atoms with Gasteiger partial charge in [-0.05, 0) is 24.3 Å². The molecule has 0 spiro atoms. The molecule has 3 N–H and O–H groups in total. The van der Waals surface area contributed by atoms with Gasteiger partial charge in [0.05, 0.1) is 6.61 Å². The Balaban J connectivity index is 2.13. The van der Waals surface area contributed by atoms with E-state index in [9.17, 15) is 10.2 Å². The molecule has 1 aromatic rings. The van der Waals surface area contributed by atoms with Crippen molar-refractivity contribution >= 4 is 15.9 Å². The molecule has 6 nitrogen and oxygen atoms in total. The van der Waals surface area contributed by atoms with Gasteiger partial charge >= 0.3 is 0 Å². The van der Waals surface area contributed by atoms with Gasteiger partial charge in [-0.25, -0.2) is 0 Å². The Morgan fingerprint density at radius 1 is 1.20 bits per heavy atom. The molecule has 20 heavy (non-hydrogen) atoms. The number of benzene rings is 1. The van der Waals surface area contributed by atoms with E-state index in [1.807, 2.05) is 0 Å². The summed E-state index contributed by atoms with van der Waals surface area (Å²) >= 11 is 3.32. The Hall–Kier alpha value is -0.700. The highest BCUT2D eigenvalue weighted by molar-refractivity contribution is 9.10. The van der Waals surface area contributed by atoms with Crippen molar-refractivity contribution in [3.63, 3.8) is 0 Å². The monoisotopic (exact) mass is 348 g/mol. The van der Waals surface area contributed by atoms with E-state index in [1.54, 1.807) is 24.3 Å². The first-order valence-corrected chi connectivity index (χ1v) is 6.93. The fourth-order valence-corrected chi connectivity index (χ4v) is 2.31. The van der Waals surface area contributed by atoms with Crippen LogP contribution in [0, 0.1) is 0 Å². The van der Waals surface area contributed by atoms with Crippen LogP contribution < -0.4 is 4.74 Å². The second kappa shape index (κ2) is 6.84. The Labute approximate surface area is 125 Å². The van der Waals surface area contributed by atoms with E-state index in [1.165, 1.54) is 7.11 Å². The summed E-state index contributed by atoms with van der Waals surface area (Å²) in [7, 11) is 1.39. The zero-order valence-corrected chi connectivity index (χ0v) is 12.4. The Morgan fingerprint density at radius 2 is 1.85 bits per heavy atom. The topological polar surface area (TPSA) is 88.4 Å². The number of halogens is 1. The van der Waals surface area contributed by atoms with Crippen LogP contribution in [0.4, 0.5) is 0 Å². The largest absolute Gasteiger partial charge is 0.462 e. The maximum atomic E-state index is 9.98. The van der Waals surface area contributed by atoms with Crippen LogP contribution in [-0.4, -0.2) is 59.7 Å². The van der Waals surface area contributed by atoms with Crippen molar-refractivity contribution in [2.45, 2.75) is 30.7 Å². The predicted molar refractivity (Wildman–Crippen MR) is 73.3 cm³/mol. The molecular formula is C13H17BrO6. The van der Waals surface area contributed by atoms with Gasteiger partial charge in [0.15, 0.2) is 0 Å². The molecule has 0 radical (unpaired) electrons. The minimum absolute atomic E-state index is 0.422. The van der Waals surface area contributed by atoms with Crippen LogP contribution in [0.3, 0.4) is 0 Å². The summed E-state index contributed by atoms with van der Waals surface area (Å²) in [5.74, 6) is 0.528. The van der Waals surface area contributed by atoms with E-state index in [2.05, 4.69) is 15.9 Å². The van der Waals surface area contributed by atoms with Crippen molar-refractivity contribution in [3.8, 4) is 5.75 Å². The molecule has 7 heteroatoms. The van der Waals surface area contributed by atoms with E-state index < -0.39 is 37.3 Å². The maximum absolute atomic E-state index is 9.98. The molecule has 112 valence electrons. The van der Waals surface area contributed by atoms with E-state index in [-0.39, 0.29) is 0 Å². The maximum Gasteiger partial charge on any atom is 0.229 e. The molecule has 2 rings (SSSR count). The third-order valence-corrected chi connectivity index (χ3v) is 3.69. The van der Waals surface area contributed by atoms with Crippen LogP contribution >= 0.6 is 15.9 Å². The van der Waals surface area contributed by atoms with E-state index in [4.69, 9.17) is 19.3 Å². The zero-order valence-electron chi connectivity index (χ0n) is 10.8. The third kappa shape index (κ3) is 3.30. The van der Waals surface area contributed by atoms with E-state index in [0.717, 1.165) is 4.47 Å². The van der Waals surface area contributed by atoms with Crippen molar-refractivity contribution in [1.82, 2.24) is 0 Å². The quantitative estimate of drug-likeness (QED) is 0.724. The van der Waals surface area contributed by atoms with Gasteiger partial charge in [0.2, 0.25) is 6.29 Å². The van der Waals surface area contributed by atoms with Gasteiger partial charge in [-0.3, -0.25) is 0 Å². The average Bonchev–Trinajstić information content (AvgIpc) is 2.45. The smallest absolute Gasteiger partial charge is 0.229 e. The Morgan fingerprint density at radius 3 is 2.40 bits per heavy atom. The number of hydrogen-bond donors (Lipinski definition) is 3. The SMILES string of the molecule is CO[C@H]1[C@H](Oc2ccc(Br)cc2)O[C@H](CO)[C@@H](O)[C@@H]1O. The lowest BCUT2D eigenvalue weighted by molar-refractivity contribution is -0.282. The lowest BCUT2D eigenvalue weighted by atomic mass is 9.99. The first kappa shape index (κ1) is 15.7. The highest BCUT2D eigenvalue weighted by Gasteiger charge is 2.45. The molecule has 0 unspecified atom stereocenters. The summed E-state index contributed by atoms with van der Waals surface area (Å²) in [4.78, 5) is 0. The van der Waals surface area contributed by atoms with Crippen LogP contribution in [0.2, 0.25) is 0 Å². The van der Waals surface area contributed by atoms with Crippen molar-refractivity contribution in [1.29, 1.82) is 0 Å². The minimum atomic E-state index is -1.23. The van der Waals surface area contributed by atoms with Gasteiger partial charge in [0.1, 0.15) is 30.2 Å². The molecule has 0 saturated carbocycles. The summed E-state index contributed by atoms with van der Waals surface area (Å²) in [5, 5.41) is 28.9. The van der Waals surface area contributed by atoms with Gasteiger partial charge in [-0.2, -0.15) is 0 Å². The van der Waals surface area contributed by atoms with Gasteiger partial charge in [-0.15, -0.1) is 0 Å². The molecule has 1 saturated heterocycles. The molecule has 1 fully saturated rings. The number of aliphatic hydroxyl groups is 3. The predicted octanol–water partition coefficient (Wildman–Crippen LogP) is 0.282. The number of ether oxygens (including phenoxy) is 3. The van der Waals surface area contributed by atoms with Crippen LogP contribution in [0.25, 0.3) is 0 Å². The van der Waals surface area contributed by atoms with Crippen molar-refractivity contribution < 1.29 is 29.5 Å². The van der Waals surface area contributed by atoms with Crippen LogP contribution in [0.1, 0.15) is 0 Å².